The van der Waals surface area contributed by atoms with Crippen LogP contribution in [0.3, 0.4) is 0 Å². The number of carbonyl (C=O) groups excluding carboxylic acids is 1. The Bertz CT molecular complexity index is 298. The highest BCUT2D eigenvalue weighted by Crippen LogP contribution is 2.38. The van der Waals surface area contributed by atoms with Gasteiger partial charge in [-0.15, -0.1) is 5.06 Å². The lowest BCUT2D eigenvalue weighted by Crippen LogP contribution is -2.59. The van der Waals surface area contributed by atoms with Crippen molar-refractivity contribution in [2.75, 3.05) is 6.54 Å². The summed E-state index contributed by atoms with van der Waals surface area (Å²) in [5.74, 6) is 0. The fourth-order valence-corrected chi connectivity index (χ4v) is 3.08. The Kier molecular flexibility index (Phi) is 6.31. The van der Waals surface area contributed by atoms with E-state index in [0.29, 0.717) is 6.54 Å². The number of piperidine rings is 1. The molecule has 0 radical (unpaired) electrons. The maximum atomic E-state index is 11.9. The van der Waals surface area contributed by atoms with E-state index in [0.717, 1.165) is 25.7 Å². The highest BCUT2D eigenvalue weighted by Gasteiger charge is 2.44. The Morgan fingerprint density at radius 1 is 1.10 bits per heavy atom. The second-order valence-electron chi connectivity index (χ2n) is 7.14. The van der Waals surface area contributed by atoms with Crippen LogP contribution in [0.25, 0.3) is 0 Å². The number of hydrogen-bond donors (Lipinski definition) is 1. The average molecular weight is 284 g/mol. The van der Waals surface area contributed by atoms with E-state index < -0.39 is 0 Å². The second kappa shape index (κ2) is 7.30. The van der Waals surface area contributed by atoms with Gasteiger partial charge in [0.25, 0.3) is 0 Å². The molecule has 4 heteroatoms. The van der Waals surface area contributed by atoms with E-state index in [1.54, 1.807) is 0 Å². The fourth-order valence-electron chi connectivity index (χ4n) is 3.08. The summed E-state index contributed by atoms with van der Waals surface area (Å²) in [6, 6.07) is 0. The number of unbranched alkanes of at least 4 members (excludes halogenated alkanes) is 3. The van der Waals surface area contributed by atoms with Crippen LogP contribution in [-0.4, -0.2) is 28.8 Å². The van der Waals surface area contributed by atoms with Crippen LogP contribution in [0.5, 0.6) is 0 Å². The molecule has 4 nitrogen and oxygen atoms in total. The zero-order valence-electron chi connectivity index (χ0n) is 13.9. The van der Waals surface area contributed by atoms with Crippen LogP contribution < -0.4 is 5.32 Å². The predicted molar refractivity (Wildman–Crippen MR) is 82.5 cm³/mol. The molecule has 1 amide bonds. The summed E-state index contributed by atoms with van der Waals surface area (Å²) in [6.07, 6.45) is 7.60. The molecule has 0 atom stereocenters. The van der Waals surface area contributed by atoms with Crippen molar-refractivity contribution < 1.29 is 9.63 Å². The van der Waals surface area contributed by atoms with Gasteiger partial charge in [-0.3, -0.25) is 0 Å². The largest absolute Gasteiger partial charge is 0.426 e. The van der Waals surface area contributed by atoms with Gasteiger partial charge in [0.1, 0.15) is 0 Å². The highest BCUT2D eigenvalue weighted by atomic mass is 16.7. The monoisotopic (exact) mass is 284 g/mol. The Labute approximate surface area is 124 Å². The summed E-state index contributed by atoms with van der Waals surface area (Å²) in [7, 11) is 0. The molecule has 0 unspecified atom stereocenters. The number of hydroxylamine groups is 2. The maximum absolute atomic E-state index is 11.9. The van der Waals surface area contributed by atoms with E-state index in [1.807, 2.05) is 5.06 Å². The minimum Gasteiger partial charge on any atom is -0.350 e. The van der Waals surface area contributed by atoms with Gasteiger partial charge >= 0.3 is 6.09 Å². The molecule has 0 aromatic carbocycles. The van der Waals surface area contributed by atoms with Gasteiger partial charge in [-0.05, 0) is 53.4 Å². The normalized spacial score (nSPS) is 21.4. The van der Waals surface area contributed by atoms with Crippen molar-refractivity contribution in [2.24, 2.45) is 0 Å². The van der Waals surface area contributed by atoms with E-state index in [2.05, 4.69) is 39.9 Å². The van der Waals surface area contributed by atoms with Crippen molar-refractivity contribution in [3.63, 3.8) is 0 Å². The molecule has 1 aliphatic rings. The van der Waals surface area contributed by atoms with E-state index in [9.17, 15) is 4.79 Å². The first kappa shape index (κ1) is 17.3. The van der Waals surface area contributed by atoms with E-state index in [1.165, 1.54) is 19.3 Å². The fraction of sp³-hybridized carbons (Fsp3) is 0.938. The number of nitrogens with zero attached hydrogens (tertiary/aromatic N) is 1. The third kappa shape index (κ3) is 4.97. The summed E-state index contributed by atoms with van der Waals surface area (Å²) in [4.78, 5) is 17.6. The summed E-state index contributed by atoms with van der Waals surface area (Å²) >= 11 is 0. The first-order valence-corrected chi connectivity index (χ1v) is 8.06. The van der Waals surface area contributed by atoms with Crippen LogP contribution in [0.2, 0.25) is 0 Å². The minimum atomic E-state index is -0.315. The van der Waals surface area contributed by atoms with Gasteiger partial charge in [0.15, 0.2) is 0 Å². The summed E-state index contributed by atoms with van der Waals surface area (Å²) in [6.45, 7) is 11.4. The van der Waals surface area contributed by atoms with Crippen molar-refractivity contribution in [2.45, 2.75) is 90.6 Å². The third-order valence-corrected chi connectivity index (χ3v) is 4.15. The minimum absolute atomic E-state index is 0.0959. The quantitative estimate of drug-likeness (QED) is 0.741. The van der Waals surface area contributed by atoms with Crippen molar-refractivity contribution >= 4 is 6.09 Å². The molecule has 0 spiro atoms. The third-order valence-electron chi connectivity index (χ3n) is 4.15. The molecular weight excluding hydrogens is 252 g/mol. The summed E-state index contributed by atoms with van der Waals surface area (Å²) in [5.41, 5.74) is -0.192. The first-order valence-electron chi connectivity index (χ1n) is 8.06. The zero-order valence-corrected chi connectivity index (χ0v) is 13.9. The Morgan fingerprint density at radius 3 is 2.25 bits per heavy atom. The smallest absolute Gasteiger partial charge is 0.350 e. The molecule has 0 bridgehead atoms. The Hall–Kier alpha value is -0.770. The molecule has 118 valence electrons. The van der Waals surface area contributed by atoms with Crippen LogP contribution >= 0.6 is 0 Å². The Morgan fingerprint density at radius 2 is 1.70 bits per heavy atom. The molecule has 0 saturated carbocycles. The van der Waals surface area contributed by atoms with Gasteiger partial charge in [-0.25, -0.2) is 4.79 Å². The SMILES string of the molecule is CCCCCCNC(=O)ON1C(C)(C)CCCC1(C)C. The Balaban J connectivity index is 2.42. The van der Waals surface area contributed by atoms with Gasteiger partial charge in [-0.1, -0.05) is 26.2 Å². The molecule has 1 saturated heterocycles. The first-order chi connectivity index (χ1) is 9.29. The van der Waals surface area contributed by atoms with Crippen molar-refractivity contribution in [3.05, 3.63) is 0 Å². The summed E-state index contributed by atoms with van der Waals surface area (Å²) in [5, 5.41) is 4.76. The van der Waals surface area contributed by atoms with Gasteiger partial charge in [0.05, 0.1) is 11.1 Å². The van der Waals surface area contributed by atoms with Crippen LogP contribution in [0.15, 0.2) is 0 Å². The molecule has 20 heavy (non-hydrogen) atoms. The van der Waals surface area contributed by atoms with Gasteiger partial charge in [0, 0.05) is 6.54 Å². The molecular formula is C16H32N2O2. The van der Waals surface area contributed by atoms with Crippen molar-refractivity contribution in [1.82, 2.24) is 10.4 Å². The van der Waals surface area contributed by atoms with Gasteiger partial charge < -0.3 is 10.2 Å². The average Bonchev–Trinajstić information content (AvgIpc) is 2.33. The molecule has 1 aliphatic heterocycles. The van der Waals surface area contributed by atoms with E-state index >= 15 is 0 Å². The molecule has 1 fully saturated rings. The number of amides is 1. The lowest BCUT2D eigenvalue weighted by Gasteiger charge is -2.50. The van der Waals surface area contributed by atoms with Crippen LogP contribution in [0.4, 0.5) is 4.79 Å². The molecule has 1 rings (SSSR count). The van der Waals surface area contributed by atoms with Gasteiger partial charge in [-0.2, -0.15) is 0 Å². The molecule has 0 aliphatic carbocycles. The highest BCUT2D eigenvalue weighted by molar-refractivity contribution is 5.66. The van der Waals surface area contributed by atoms with Crippen LogP contribution in [0, 0.1) is 0 Å². The molecule has 0 aromatic rings. The van der Waals surface area contributed by atoms with E-state index in [4.69, 9.17) is 4.84 Å². The van der Waals surface area contributed by atoms with Crippen molar-refractivity contribution in [3.8, 4) is 0 Å². The lowest BCUT2D eigenvalue weighted by atomic mass is 9.82. The molecule has 0 aromatic heterocycles. The predicted octanol–water partition coefficient (Wildman–Crippen LogP) is 4.25. The zero-order chi connectivity index (χ0) is 15.2. The van der Waals surface area contributed by atoms with E-state index in [-0.39, 0.29) is 17.2 Å². The molecule has 1 heterocycles. The molecule has 1 N–H and O–H groups in total. The standard InChI is InChI=1S/C16H32N2O2/c1-6-7-8-9-13-17-14(19)20-18-15(2,3)11-10-12-16(18,4)5/h6-13H2,1-5H3,(H,17,19). The number of rotatable bonds is 6. The lowest BCUT2D eigenvalue weighted by molar-refractivity contribution is -0.239. The topological polar surface area (TPSA) is 41.6 Å². The summed E-state index contributed by atoms with van der Waals surface area (Å²) < 4.78 is 0. The van der Waals surface area contributed by atoms with Gasteiger partial charge in [0.2, 0.25) is 0 Å². The number of nitrogens with one attached hydrogen (secondary N) is 1. The second-order valence-corrected chi connectivity index (χ2v) is 7.14. The van der Waals surface area contributed by atoms with Crippen LogP contribution in [-0.2, 0) is 4.84 Å². The van der Waals surface area contributed by atoms with Crippen molar-refractivity contribution in [1.29, 1.82) is 0 Å². The number of carbonyl (C=O) groups is 1. The maximum Gasteiger partial charge on any atom is 0.426 e. The number of hydrogen-bond acceptors (Lipinski definition) is 3. The van der Waals surface area contributed by atoms with Crippen LogP contribution in [0.1, 0.15) is 79.6 Å².